The summed E-state index contributed by atoms with van der Waals surface area (Å²) < 4.78 is 0. The van der Waals surface area contributed by atoms with Crippen LogP contribution >= 0.6 is 35.6 Å². The van der Waals surface area contributed by atoms with Gasteiger partial charge in [0.25, 0.3) is 0 Å². The molecule has 0 radical (unpaired) electrons. The quantitative estimate of drug-likeness (QED) is 0.364. The third kappa shape index (κ3) is 6.25. The Balaban J connectivity index is 0.00000280. The first-order valence-electron chi connectivity index (χ1n) is 9.36. The van der Waals surface area contributed by atoms with Crippen molar-refractivity contribution in [1.29, 1.82) is 0 Å². The van der Waals surface area contributed by atoms with E-state index < -0.39 is 0 Å². The van der Waals surface area contributed by atoms with Crippen LogP contribution in [-0.4, -0.2) is 51.1 Å². The normalized spacial score (nSPS) is 15.1. The molecule has 1 aliphatic heterocycles. The van der Waals surface area contributed by atoms with E-state index in [9.17, 15) is 0 Å². The van der Waals surface area contributed by atoms with E-state index >= 15 is 0 Å². The van der Waals surface area contributed by atoms with Gasteiger partial charge in [0.1, 0.15) is 0 Å². The number of piperazine rings is 1. The van der Waals surface area contributed by atoms with Crippen molar-refractivity contribution in [2.45, 2.75) is 13.1 Å². The Bertz CT molecular complexity index is 761. The molecular formula is C21H29ClIN5. The number of benzene rings is 2. The number of guanidine groups is 1. The lowest BCUT2D eigenvalue weighted by atomic mass is 10.1. The molecule has 0 spiro atoms. The summed E-state index contributed by atoms with van der Waals surface area (Å²) in [6.45, 7) is 5.54. The molecular weight excluding hydrogens is 485 g/mol. The summed E-state index contributed by atoms with van der Waals surface area (Å²) in [6, 6.07) is 16.4. The van der Waals surface area contributed by atoms with Gasteiger partial charge in [-0.3, -0.25) is 4.99 Å². The summed E-state index contributed by atoms with van der Waals surface area (Å²) in [5, 5.41) is 7.55. The molecule has 3 rings (SSSR count). The molecule has 2 N–H and O–H groups in total. The topological polar surface area (TPSA) is 42.9 Å². The van der Waals surface area contributed by atoms with Crippen LogP contribution in [0.3, 0.4) is 0 Å². The number of halogens is 2. The van der Waals surface area contributed by atoms with E-state index in [2.05, 4.69) is 50.7 Å². The van der Waals surface area contributed by atoms with Gasteiger partial charge in [0.2, 0.25) is 0 Å². The molecule has 0 aliphatic carbocycles. The second-order valence-electron chi connectivity index (χ2n) is 6.79. The van der Waals surface area contributed by atoms with Crippen molar-refractivity contribution < 1.29 is 0 Å². The molecule has 1 fully saturated rings. The zero-order valence-electron chi connectivity index (χ0n) is 16.5. The van der Waals surface area contributed by atoms with Gasteiger partial charge in [-0.15, -0.1) is 24.0 Å². The fraction of sp³-hybridized carbons (Fsp3) is 0.381. The fourth-order valence-electron chi connectivity index (χ4n) is 3.24. The van der Waals surface area contributed by atoms with Crippen molar-refractivity contribution in [1.82, 2.24) is 15.5 Å². The Labute approximate surface area is 190 Å². The lowest BCUT2D eigenvalue weighted by molar-refractivity contribution is 0.312. The SMILES string of the molecule is CN=C(NCc1ccccc1)NCc1c(Cl)cccc1N1CCN(C)CC1.I. The number of nitrogens with zero attached hydrogens (tertiary/aromatic N) is 3. The molecule has 0 aromatic heterocycles. The summed E-state index contributed by atoms with van der Waals surface area (Å²) in [6.07, 6.45) is 0. The van der Waals surface area contributed by atoms with Crippen LogP contribution in [0.15, 0.2) is 53.5 Å². The van der Waals surface area contributed by atoms with Crippen LogP contribution < -0.4 is 15.5 Å². The Hall–Kier alpha value is -1.51. The van der Waals surface area contributed by atoms with Gasteiger partial charge < -0.3 is 20.4 Å². The molecule has 152 valence electrons. The molecule has 0 saturated carbocycles. The third-order valence-corrected chi connectivity index (χ3v) is 5.25. The number of hydrogen-bond acceptors (Lipinski definition) is 3. The van der Waals surface area contributed by atoms with Crippen LogP contribution in [0.4, 0.5) is 5.69 Å². The van der Waals surface area contributed by atoms with Crippen molar-refractivity contribution in [3.8, 4) is 0 Å². The number of likely N-dealkylation sites (N-methyl/N-ethyl adjacent to an activating group) is 1. The second kappa shape index (κ2) is 11.5. The van der Waals surface area contributed by atoms with E-state index in [-0.39, 0.29) is 24.0 Å². The van der Waals surface area contributed by atoms with Gasteiger partial charge >= 0.3 is 0 Å². The monoisotopic (exact) mass is 513 g/mol. The average Bonchev–Trinajstić information content (AvgIpc) is 2.70. The highest BCUT2D eigenvalue weighted by Crippen LogP contribution is 2.28. The molecule has 0 unspecified atom stereocenters. The zero-order chi connectivity index (χ0) is 19.1. The van der Waals surface area contributed by atoms with Crippen LogP contribution in [0, 0.1) is 0 Å². The standard InChI is InChI=1S/C21H28ClN5.HI/c1-23-21(24-15-17-7-4-3-5-8-17)25-16-18-19(22)9-6-10-20(18)27-13-11-26(2)12-14-27;/h3-10H,11-16H2,1-2H3,(H2,23,24,25);1H. The highest BCUT2D eigenvalue weighted by atomic mass is 127. The van der Waals surface area contributed by atoms with E-state index in [1.165, 1.54) is 11.3 Å². The smallest absolute Gasteiger partial charge is 0.191 e. The summed E-state index contributed by atoms with van der Waals surface area (Å²) in [5.74, 6) is 0.767. The average molecular weight is 514 g/mol. The van der Waals surface area contributed by atoms with Crippen LogP contribution in [0.25, 0.3) is 0 Å². The van der Waals surface area contributed by atoms with Gasteiger partial charge in [0.05, 0.1) is 0 Å². The molecule has 28 heavy (non-hydrogen) atoms. The Morgan fingerprint density at radius 1 is 0.964 bits per heavy atom. The minimum atomic E-state index is 0. The maximum absolute atomic E-state index is 6.54. The molecule has 7 heteroatoms. The Morgan fingerprint density at radius 2 is 1.64 bits per heavy atom. The maximum Gasteiger partial charge on any atom is 0.191 e. The molecule has 1 aliphatic rings. The van der Waals surface area contributed by atoms with Crippen molar-refractivity contribution in [3.05, 3.63) is 64.7 Å². The van der Waals surface area contributed by atoms with E-state index in [1.54, 1.807) is 7.05 Å². The van der Waals surface area contributed by atoms with Gasteiger partial charge in [0, 0.05) is 62.6 Å². The molecule has 0 amide bonds. The first-order valence-corrected chi connectivity index (χ1v) is 9.74. The van der Waals surface area contributed by atoms with Crippen molar-refractivity contribution in [2.75, 3.05) is 45.2 Å². The minimum Gasteiger partial charge on any atom is -0.369 e. The molecule has 1 heterocycles. The predicted molar refractivity (Wildman–Crippen MR) is 130 cm³/mol. The third-order valence-electron chi connectivity index (χ3n) is 4.90. The number of nitrogens with one attached hydrogen (secondary N) is 2. The Kier molecular flexibility index (Phi) is 9.34. The van der Waals surface area contributed by atoms with Crippen LogP contribution in [0.2, 0.25) is 5.02 Å². The number of rotatable bonds is 5. The second-order valence-corrected chi connectivity index (χ2v) is 7.20. The summed E-state index contributed by atoms with van der Waals surface area (Å²) in [4.78, 5) is 9.11. The van der Waals surface area contributed by atoms with Gasteiger partial charge in [-0.25, -0.2) is 0 Å². The van der Waals surface area contributed by atoms with E-state index in [0.29, 0.717) is 6.54 Å². The molecule has 0 atom stereocenters. The van der Waals surface area contributed by atoms with Crippen molar-refractivity contribution >= 4 is 47.2 Å². The molecule has 1 saturated heterocycles. The summed E-state index contributed by atoms with van der Waals surface area (Å²) in [7, 11) is 3.95. The van der Waals surface area contributed by atoms with Gasteiger partial charge in [-0.1, -0.05) is 48.0 Å². The van der Waals surface area contributed by atoms with Gasteiger partial charge in [-0.2, -0.15) is 0 Å². The lowest BCUT2D eigenvalue weighted by Gasteiger charge is -2.35. The van der Waals surface area contributed by atoms with Crippen molar-refractivity contribution in [3.63, 3.8) is 0 Å². The summed E-state index contributed by atoms with van der Waals surface area (Å²) in [5.41, 5.74) is 3.55. The van der Waals surface area contributed by atoms with E-state index in [0.717, 1.165) is 49.3 Å². The molecule has 2 aromatic carbocycles. The first-order chi connectivity index (χ1) is 13.2. The lowest BCUT2D eigenvalue weighted by Crippen LogP contribution is -2.45. The van der Waals surface area contributed by atoms with E-state index in [4.69, 9.17) is 11.6 Å². The Morgan fingerprint density at radius 3 is 2.32 bits per heavy atom. The first kappa shape index (κ1) is 22.8. The van der Waals surface area contributed by atoms with Crippen LogP contribution in [0.5, 0.6) is 0 Å². The predicted octanol–water partition coefficient (Wildman–Crippen LogP) is 3.58. The zero-order valence-corrected chi connectivity index (χ0v) is 19.6. The molecule has 5 nitrogen and oxygen atoms in total. The molecule has 2 aromatic rings. The largest absolute Gasteiger partial charge is 0.369 e. The summed E-state index contributed by atoms with van der Waals surface area (Å²) >= 11 is 6.54. The fourth-order valence-corrected chi connectivity index (χ4v) is 3.48. The highest BCUT2D eigenvalue weighted by Gasteiger charge is 2.18. The van der Waals surface area contributed by atoms with E-state index in [1.807, 2.05) is 30.3 Å². The van der Waals surface area contributed by atoms with Gasteiger partial charge in [-0.05, 0) is 24.7 Å². The number of hydrogen-bond donors (Lipinski definition) is 2. The van der Waals surface area contributed by atoms with Crippen molar-refractivity contribution in [2.24, 2.45) is 4.99 Å². The highest BCUT2D eigenvalue weighted by molar-refractivity contribution is 14.0. The number of aliphatic imine (C=N–C) groups is 1. The van der Waals surface area contributed by atoms with Crippen LogP contribution in [-0.2, 0) is 13.1 Å². The van der Waals surface area contributed by atoms with Gasteiger partial charge in [0.15, 0.2) is 5.96 Å². The number of anilines is 1. The van der Waals surface area contributed by atoms with Crippen LogP contribution in [0.1, 0.15) is 11.1 Å². The minimum absolute atomic E-state index is 0. The molecule has 0 bridgehead atoms. The maximum atomic E-state index is 6.54.